The van der Waals surface area contributed by atoms with Crippen molar-refractivity contribution in [1.29, 1.82) is 0 Å². The maximum Gasteiger partial charge on any atom is 0.295 e. The number of nitrogens with zero attached hydrogens (tertiary/aromatic N) is 2. The third-order valence-electron chi connectivity index (χ3n) is 6.55. The lowest BCUT2D eigenvalue weighted by atomic mass is 9.95. The van der Waals surface area contributed by atoms with Gasteiger partial charge in [0, 0.05) is 18.7 Å². The first-order valence-electron chi connectivity index (χ1n) is 11.7. The maximum atomic E-state index is 13.2. The Balaban J connectivity index is 1.54. The van der Waals surface area contributed by atoms with E-state index in [1.165, 1.54) is 0 Å². The van der Waals surface area contributed by atoms with E-state index in [-0.39, 0.29) is 18.1 Å². The molecule has 178 valence electrons. The third kappa shape index (κ3) is 4.09. The van der Waals surface area contributed by atoms with Crippen molar-refractivity contribution in [2.24, 2.45) is 0 Å². The van der Waals surface area contributed by atoms with Crippen molar-refractivity contribution in [1.82, 2.24) is 9.80 Å². The van der Waals surface area contributed by atoms with Gasteiger partial charge in [-0.1, -0.05) is 12.1 Å². The molecule has 1 N–H and O–H groups in total. The Hall–Kier alpha value is -3.52. The van der Waals surface area contributed by atoms with E-state index < -0.39 is 17.7 Å². The topological polar surface area (TPSA) is 88.5 Å². The molecule has 1 amide bonds. The third-order valence-corrected chi connectivity index (χ3v) is 6.55. The molecule has 2 saturated heterocycles. The zero-order valence-electron chi connectivity index (χ0n) is 19.2. The Morgan fingerprint density at radius 3 is 2.50 bits per heavy atom. The SMILES string of the molecule is CCOc1ccc(C2/C(=C(\O)c3ccc4c(c3)OCO4)C(=O)C(=O)N2CCN2CCCC2)cc1. The van der Waals surface area contributed by atoms with Crippen molar-refractivity contribution in [2.75, 3.05) is 39.6 Å². The predicted molar refractivity (Wildman–Crippen MR) is 125 cm³/mol. The number of hydrogen-bond donors (Lipinski definition) is 1. The summed E-state index contributed by atoms with van der Waals surface area (Å²) >= 11 is 0. The van der Waals surface area contributed by atoms with E-state index in [9.17, 15) is 14.7 Å². The lowest BCUT2D eigenvalue weighted by molar-refractivity contribution is -0.140. The minimum absolute atomic E-state index is 0.0782. The molecule has 0 aliphatic carbocycles. The average Bonchev–Trinajstić information content (AvgIpc) is 3.59. The molecule has 2 fully saturated rings. The van der Waals surface area contributed by atoms with Crippen molar-refractivity contribution in [3.63, 3.8) is 0 Å². The lowest BCUT2D eigenvalue weighted by Crippen LogP contribution is -2.37. The highest BCUT2D eigenvalue weighted by atomic mass is 16.7. The zero-order valence-corrected chi connectivity index (χ0v) is 19.2. The summed E-state index contributed by atoms with van der Waals surface area (Å²) < 4.78 is 16.3. The fourth-order valence-electron chi connectivity index (χ4n) is 4.82. The number of hydrogen-bond acceptors (Lipinski definition) is 7. The number of benzene rings is 2. The average molecular weight is 465 g/mol. The van der Waals surface area contributed by atoms with E-state index >= 15 is 0 Å². The van der Waals surface area contributed by atoms with Crippen LogP contribution in [0.15, 0.2) is 48.0 Å². The van der Waals surface area contributed by atoms with E-state index in [4.69, 9.17) is 14.2 Å². The molecule has 3 aliphatic heterocycles. The number of carbonyl (C=O) groups is 2. The van der Waals surface area contributed by atoms with Gasteiger partial charge < -0.3 is 29.1 Å². The summed E-state index contributed by atoms with van der Waals surface area (Å²) in [6, 6.07) is 11.6. The molecular weight excluding hydrogens is 436 g/mol. The number of amides is 1. The molecule has 0 radical (unpaired) electrons. The second-order valence-electron chi connectivity index (χ2n) is 8.61. The second-order valence-corrected chi connectivity index (χ2v) is 8.61. The Morgan fingerprint density at radius 2 is 1.76 bits per heavy atom. The van der Waals surface area contributed by atoms with Gasteiger partial charge in [0.1, 0.15) is 11.5 Å². The fraction of sp³-hybridized carbons (Fsp3) is 0.385. The lowest BCUT2D eigenvalue weighted by Gasteiger charge is -2.27. The maximum absolute atomic E-state index is 13.2. The van der Waals surface area contributed by atoms with Gasteiger partial charge >= 0.3 is 0 Å². The van der Waals surface area contributed by atoms with Crippen molar-refractivity contribution < 1.29 is 28.9 Å². The van der Waals surface area contributed by atoms with Gasteiger partial charge in [-0.2, -0.15) is 0 Å². The molecule has 0 bridgehead atoms. The van der Waals surface area contributed by atoms with E-state index in [0.717, 1.165) is 31.5 Å². The summed E-state index contributed by atoms with van der Waals surface area (Å²) in [6.45, 7) is 5.63. The van der Waals surface area contributed by atoms with E-state index in [2.05, 4.69) is 4.90 Å². The number of likely N-dealkylation sites (tertiary alicyclic amines) is 2. The van der Waals surface area contributed by atoms with Crippen molar-refractivity contribution in [3.8, 4) is 17.2 Å². The molecule has 1 unspecified atom stereocenters. The Labute approximate surface area is 198 Å². The number of aliphatic hydroxyl groups excluding tert-OH is 1. The van der Waals surface area contributed by atoms with E-state index in [1.807, 2.05) is 31.2 Å². The summed E-state index contributed by atoms with van der Waals surface area (Å²) in [5.41, 5.74) is 1.22. The highest BCUT2D eigenvalue weighted by molar-refractivity contribution is 6.46. The first kappa shape index (κ1) is 22.3. The van der Waals surface area contributed by atoms with Gasteiger partial charge in [0.2, 0.25) is 6.79 Å². The smallest absolute Gasteiger partial charge is 0.295 e. The van der Waals surface area contributed by atoms with E-state index in [0.29, 0.717) is 42.5 Å². The van der Waals surface area contributed by atoms with Gasteiger partial charge in [0.05, 0.1) is 18.2 Å². The normalized spacial score (nSPS) is 21.4. The summed E-state index contributed by atoms with van der Waals surface area (Å²) in [7, 11) is 0. The number of aliphatic hydroxyl groups is 1. The molecule has 2 aromatic carbocycles. The number of fused-ring (bicyclic) bond motifs is 1. The van der Waals surface area contributed by atoms with Crippen LogP contribution in [0.5, 0.6) is 17.2 Å². The van der Waals surface area contributed by atoms with Crippen LogP contribution in [-0.2, 0) is 9.59 Å². The van der Waals surface area contributed by atoms with E-state index in [1.54, 1.807) is 23.1 Å². The summed E-state index contributed by atoms with van der Waals surface area (Å²) in [5, 5.41) is 11.3. The van der Waals surface area contributed by atoms with Gasteiger partial charge in [-0.05, 0) is 68.8 Å². The van der Waals surface area contributed by atoms with Crippen LogP contribution in [0.2, 0.25) is 0 Å². The molecule has 8 nitrogen and oxygen atoms in total. The molecule has 3 heterocycles. The van der Waals surface area contributed by atoms with Crippen LogP contribution in [0.25, 0.3) is 5.76 Å². The molecular formula is C26H28N2O6. The summed E-state index contributed by atoms with van der Waals surface area (Å²) in [4.78, 5) is 30.2. The quantitative estimate of drug-likeness (QED) is 0.382. The number of rotatable bonds is 7. The van der Waals surface area contributed by atoms with Crippen LogP contribution in [0.1, 0.15) is 36.9 Å². The van der Waals surface area contributed by atoms with Gasteiger partial charge in [-0.25, -0.2) is 0 Å². The van der Waals surface area contributed by atoms with Crippen LogP contribution >= 0.6 is 0 Å². The van der Waals surface area contributed by atoms with Crippen LogP contribution in [0.3, 0.4) is 0 Å². The molecule has 5 rings (SSSR count). The van der Waals surface area contributed by atoms with Gasteiger partial charge in [-0.3, -0.25) is 9.59 Å². The summed E-state index contributed by atoms with van der Waals surface area (Å²) in [6.07, 6.45) is 2.29. The molecule has 0 spiro atoms. The largest absolute Gasteiger partial charge is 0.507 e. The molecule has 1 atom stereocenters. The van der Waals surface area contributed by atoms with Crippen molar-refractivity contribution in [3.05, 3.63) is 59.2 Å². The minimum Gasteiger partial charge on any atom is -0.507 e. The molecule has 34 heavy (non-hydrogen) atoms. The van der Waals surface area contributed by atoms with Crippen LogP contribution in [0, 0.1) is 0 Å². The molecule has 8 heteroatoms. The zero-order chi connectivity index (χ0) is 23.7. The second kappa shape index (κ2) is 9.38. The minimum atomic E-state index is -0.691. The molecule has 0 aromatic heterocycles. The van der Waals surface area contributed by atoms with Crippen molar-refractivity contribution >= 4 is 17.4 Å². The Kier molecular flexibility index (Phi) is 6.15. The first-order valence-corrected chi connectivity index (χ1v) is 11.7. The van der Waals surface area contributed by atoms with Crippen molar-refractivity contribution in [2.45, 2.75) is 25.8 Å². The monoisotopic (exact) mass is 464 g/mol. The van der Waals surface area contributed by atoms with Gasteiger partial charge in [-0.15, -0.1) is 0 Å². The highest BCUT2D eigenvalue weighted by Crippen LogP contribution is 2.41. The molecule has 2 aromatic rings. The Bertz CT molecular complexity index is 1120. The van der Waals surface area contributed by atoms with Crippen LogP contribution in [-0.4, -0.2) is 66.2 Å². The number of carbonyl (C=O) groups excluding carboxylic acids is 2. The number of Topliss-reactive ketones (excluding diaryl/α,β-unsaturated/α-hetero) is 1. The first-order chi connectivity index (χ1) is 16.6. The summed E-state index contributed by atoms with van der Waals surface area (Å²) in [5.74, 6) is 0.265. The number of ketones is 1. The number of ether oxygens (including phenoxy) is 3. The predicted octanol–water partition coefficient (Wildman–Crippen LogP) is 3.33. The molecule has 0 saturated carbocycles. The van der Waals surface area contributed by atoms with Gasteiger partial charge in [0.25, 0.3) is 11.7 Å². The van der Waals surface area contributed by atoms with Crippen LogP contribution < -0.4 is 14.2 Å². The highest BCUT2D eigenvalue weighted by Gasteiger charge is 2.46. The van der Waals surface area contributed by atoms with Crippen LogP contribution in [0.4, 0.5) is 0 Å². The molecule has 3 aliphatic rings. The Morgan fingerprint density at radius 1 is 1.03 bits per heavy atom. The fourth-order valence-corrected chi connectivity index (χ4v) is 4.82. The standard InChI is InChI=1S/C26H28N2O6/c1-2-32-19-8-5-17(6-9-19)23-22(24(29)18-7-10-20-21(15-18)34-16-33-20)25(30)26(31)28(23)14-13-27-11-3-4-12-27/h5-10,15,23,29H,2-4,11-14,16H2,1H3/b24-22+. The van der Waals surface area contributed by atoms with Gasteiger partial charge in [0.15, 0.2) is 11.5 Å².